The van der Waals surface area contributed by atoms with Crippen LogP contribution in [-0.4, -0.2) is 41.4 Å². The number of amides is 1. The molecule has 1 aliphatic heterocycles. The summed E-state index contributed by atoms with van der Waals surface area (Å²) in [5, 5.41) is 0. The lowest BCUT2D eigenvalue weighted by Crippen LogP contribution is -2.47. The zero-order valence-electron chi connectivity index (χ0n) is 8.87. The van der Waals surface area contributed by atoms with Crippen LogP contribution in [0.5, 0.6) is 0 Å². The molecule has 0 aromatic carbocycles. The van der Waals surface area contributed by atoms with E-state index in [1.54, 1.807) is 0 Å². The number of unbranched alkanes of at least 4 members (excludes halogenated alkanes) is 1. The Balaban J connectivity index is 2.30. The van der Waals surface area contributed by atoms with Crippen molar-refractivity contribution in [1.29, 1.82) is 0 Å². The highest BCUT2D eigenvalue weighted by Gasteiger charge is 2.21. The third-order valence-electron chi connectivity index (χ3n) is 2.51. The summed E-state index contributed by atoms with van der Waals surface area (Å²) in [5.74, 6) is 2.28. The molecule has 1 fully saturated rings. The fraction of sp³-hybridized carbons (Fsp3) is 0.900. The van der Waals surface area contributed by atoms with Gasteiger partial charge in [0.15, 0.2) is 0 Å². The fourth-order valence-electron chi connectivity index (χ4n) is 1.57. The lowest BCUT2D eigenvalue weighted by atomic mass is 10.1. The molecule has 2 N–H and O–H groups in total. The lowest BCUT2D eigenvalue weighted by molar-refractivity contribution is -0.132. The van der Waals surface area contributed by atoms with Crippen molar-refractivity contribution in [3.05, 3.63) is 0 Å². The van der Waals surface area contributed by atoms with Gasteiger partial charge in [0, 0.05) is 24.6 Å². The highest BCUT2D eigenvalue weighted by molar-refractivity contribution is 7.99. The maximum atomic E-state index is 11.8. The van der Waals surface area contributed by atoms with Crippen LogP contribution in [0.3, 0.4) is 0 Å². The Hall–Kier alpha value is -0.220. The second-order valence-electron chi connectivity index (χ2n) is 3.69. The van der Waals surface area contributed by atoms with Crippen LogP contribution < -0.4 is 5.73 Å². The minimum atomic E-state index is -0.266. The summed E-state index contributed by atoms with van der Waals surface area (Å²) in [4.78, 5) is 13.7. The monoisotopic (exact) mass is 216 g/mol. The third kappa shape index (κ3) is 3.50. The van der Waals surface area contributed by atoms with E-state index in [2.05, 4.69) is 6.92 Å². The summed E-state index contributed by atoms with van der Waals surface area (Å²) >= 11 is 1.91. The smallest absolute Gasteiger partial charge is 0.239 e. The summed E-state index contributed by atoms with van der Waals surface area (Å²) in [6, 6.07) is -0.266. The van der Waals surface area contributed by atoms with Crippen LogP contribution in [0.4, 0.5) is 0 Å². The molecule has 0 aromatic heterocycles. The molecule has 1 atom stereocenters. The molecule has 3 nitrogen and oxygen atoms in total. The predicted octanol–water partition coefficient (Wildman–Crippen LogP) is 1.08. The molecule has 1 heterocycles. The number of hydrogen-bond acceptors (Lipinski definition) is 3. The molecular weight excluding hydrogens is 196 g/mol. The minimum absolute atomic E-state index is 0.152. The first kappa shape index (κ1) is 11.9. The Bertz CT molecular complexity index is 181. The van der Waals surface area contributed by atoms with Crippen molar-refractivity contribution < 1.29 is 4.79 Å². The van der Waals surface area contributed by atoms with Crippen LogP contribution in [0.25, 0.3) is 0 Å². The molecule has 1 amide bonds. The summed E-state index contributed by atoms with van der Waals surface area (Å²) in [6.45, 7) is 3.88. The van der Waals surface area contributed by atoms with E-state index >= 15 is 0 Å². The average molecular weight is 216 g/mol. The summed E-state index contributed by atoms with van der Waals surface area (Å²) in [5.41, 5.74) is 5.84. The molecule has 82 valence electrons. The normalized spacial score (nSPS) is 19.4. The van der Waals surface area contributed by atoms with Crippen molar-refractivity contribution in [1.82, 2.24) is 4.90 Å². The van der Waals surface area contributed by atoms with Gasteiger partial charge in [0.2, 0.25) is 5.91 Å². The molecule has 0 unspecified atom stereocenters. The summed E-state index contributed by atoms with van der Waals surface area (Å²) in [6.07, 6.45) is 2.99. The number of thioether (sulfide) groups is 1. The van der Waals surface area contributed by atoms with Crippen LogP contribution in [0.15, 0.2) is 0 Å². The number of rotatable bonds is 4. The van der Waals surface area contributed by atoms with Gasteiger partial charge in [-0.2, -0.15) is 11.8 Å². The molecule has 0 spiro atoms. The van der Waals surface area contributed by atoms with Gasteiger partial charge in [-0.3, -0.25) is 4.79 Å². The van der Waals surface area contributed by atoms with Crippen molar-refractivity contribution >= 4 is 17.7 Å². The van der Waals surface area contributed by atoms with E-state index in [9.17, 15) is 4.79 Å². The van der Waals surface area contributed by atoms with Gasteiger partial charge >= 0.3 is 0 Å². The molecule has 0 radical (unpaired) electrons. The van der Waals surface area contributed by atoms with Gasteiger partial charge < -0.3 is 10.6 Å². The zero-order valence-corrected chi connectivity index (χ0v) is 9.68. The van der Waals surface area contributed by atoms with Crippen LogP contribution in [0.2, 0.25) is 0 Å². The maximum absolute atomic E-state index is 11.8. The van der Waals surface area contributed by atoms with E-state index in [4.69, 9.17) is 5.73 Å². The molecule has 1 saturated heterocycles. The molecule has 0 aliphatic carbocycles. The molecular formula is C10H20N2OS. The van der Waals surface area contributed by atoms with Crippen molar-refractivity contribution in [3.63, 3.8) is 0 Å². The van der Waals surface area contributed by atoms with Crippen molar-refractivity contribution in [3.8, 4) is 0 Å². The van der Waals surface area contributed by atoms with E-state index < -0.39 is 0 Å². The fourth-order valence-corrected chi connectivity index (χ4v) is 2.47. The number of carbonyl (C=O) groups is 1. The molecule has 1 aliphatic rings. The van der Waals surface area contributed by atoms with Crippen LogP contribution in [-0.2, 0) is 4.79 Å². The van der Waals surface area contributed by atoms with Crippen molar-refractivity contribution in [2.75, 3.05) is 24.6 Å². The van der Waals surface area contributed by atoms with Gasteiger partial charge in [0.05, 0.1) is 6.04 Å². The molecule has 4 heteroatoms. The van der Waals surface area contributed by atoms with Crippen LogP contribution in [0, 0.1) is 0 Å². The largest absolute Gasteiger partial charge is 0.340 e. The first-order chi connectivity index (χ1) is 6.75. The number of nitrogens with two attached hydrogens (primary N) is 1. The van der Waals surface area contributed by atoms with E-state index in [1.165, 1.54) is 0 Å². The van der Waals surface area contributed by atoms with Gasteiger partial charge in [-0.25, -0.2) is 0 Å². The minimum Gasteiger partial charge on any atom is -0.340 e. The number of carbonyl (C=O) groups excluding carboxylic acids is 1. The lowest BCUT2D eigenvalue weighted by Gasteiger charge is -2.28. The van der Waals surface area contributed by atoms with E-state index in [0.717, 1.165) is 43.9 Å². The predicted molar refractivity (Wildman–Crippen MR) is 61.4 cm³/mol. The van der Waals surface area contributed by atoms with E-state index in [1.807, 2.05) is 16.7 Å². The van der Waals surface area contributed by atoms with Crippen molar-refractivity contribution in [2.45, 2.75) is 32.2 Å². The van der Waals surface area contributed by atoms with Crippen LogP contribution >= 0.6 is 11.8 Å². The Morgan fingerprint density at radius 3 is 2.71 bits per heavy atom. The van der Waals surface area contributed by atoms with Crippen molar-refractivity contribution in [2.24, 2.45) is 5.73 Å². The van der Waals surface area contributed by atoms with E-state index in [-0.39, 0.29) is 11.9 Å². The Labute approximate surface area is 90.4 Å². The second-order valence-corrected chi connectivity index (χ2v) is 4.91. The summed E-state index contributed by atoms with van der Waals surface area (Å²) in [7, 11) is 0. The molecule has 1 rings (SSSR count). The van der Waals surface area contributed by atoms with Gasteiger partial charge in [-0.15, -0.1) is 0 Å². The SMILES string of the molecule is CCCC[C@H](N)C(=O)N1CCSCC1. The van der Waals surface area contributed by atoms with Gasteiger partial charge in [-0.05, 0) is 6.42 Å². The Morgan fingerprint density at radius 1 is 1.50 bits per heavy atom. The topological polar surface area (TPSA) is 46.3 Å². The number of hydrogen-bond donors (Lipinski definition) is 1. The van der Waals surface area contributed by atoms with Gasteiger partial charge in [-0.1, -0.05) is 19.8 Å². The highest BCUT2D eigenvalue weighted by atomic mass is 32.2. The molecule has 0 bridgehead atoms. The van der Waals surface area contributed by atoms with Crippen LogP contribution in [0.1, 0.15) is 26.2 Å². The standard InChI is InChI=1S/C10H20N2OS/c1-2-3-4-9(11)10(13)12-5-7-14-8-6-12/h9H,2-8,11H2,1H3/t9-/m0/s1. The highest BCUT2D eigenvalue weighted by Crippen LogP contribution is 2.11. The molecule has 14 heavy (non-hydrogen) atoms. The zero-order chi connectivity index (χ0) is 10.4. The third-order valence-corrected chi connectivity index (χ3v) is 3.45. The Kier molecular flexibility index (Phi) is 5.33. The van der Waals surface area contributed by atoms with Gasteiger partial charge in [0.25, 0.3) is 0 Å². The Morgan fingerprint density at radius 2 is 2.14 bits per heavy atom. The summed E-state index contributed by atoms with van der Waals surface area (Å²) < 4.78 is 0. The van der Waals surface area contributed by atoms with E-state index in [0.29, 0.717) is 0 Å². The molecule has 0 aromatic rings. The molecule has 0 saturated carbocycles. The first-order valence-corrected chi connectivity index (χ1v) is 6.53. The van der Waals surface area contributed by atoms with Gasteiger partial charge in [0.1, 0.15) is 0 Å². The number of nitrogens with zero attached hydrogens (tertiary/aromatic N) is 1. The average Bonchev–Trinajstić information content (AvgIpc) is 2.26. The maximum Gasteiger partial charge on any atom is 0.239 e. The first-order valence-electron chi connectivity index (χ1n) is 5.37. The quantitative estimate of drug-likeness (QED) is 0.765. The second kappa shape index (κ2) is 6.30.